The SMILES string of the molecule is CC.CCC(COC)Nc1nc(NCc2ccc(-c3ccccn3)cc2)c2ncn(C(C)C)c2n1. The first-order valence-electron chi connectivity index (χ1n) is 12.3. The third-order valence-corrected chi connectivity index (χ3v) is 5.55. The Hall–Kier alpha value is -3.52. The van der Waals surface area contributed by atoms with Crippen LogP contribution in [0.2, 0.25) is 0 Å². The van der Waals surface area contributed by atoms with Crippen molar-refractivity contribution >= 4 is 22.9 Å². The molecule has 4 rings (SSSR count). The number of anilines is 2. The summed E-state index contributed by atoms with van der Waals surface area (Å²) >= 11 is 0. The molecular weight excluding hydrogens is 438 g/mol. The number of rotatable bonds is 10. The highest BCUT2D eigenvalue weighted by Gasteiger charge is 2.16. The Morgan fingerprint density at radius 1 is 1.00 bits per heavy atom. The van der Waals surface area contributed by atoms with Crippen molar-refractivity contribution in [2.24, 2.45) is 0 Å². The van der Waals surface area contributed by atoms with E-state index in [4.69, 9.17) is 14.7 Å². The minimum atomic E-state index is 0.134. The molecular formula is C27H37N7O. The van der Waals surface area contributed by atoms with Crippen LogP contribution < -0.4 is 10.6 Å². The summed E-state index contributed by atoms with van der Waals surface area (Å²) in [6, 6.07) is 14.7. The molecule has 0 bridgehead atoms. The molecule has 1 aromatic carbocycles. The van der Waals surface area contributed by atoms with E-state index in [2.05, 4.69) is 70.2 Å². The van der Waals surface area contributed by atoms with E-state index in [-0.39, 0.29) is 12.1 Å². The third-order valence-electron chi connectivity index (χ3n) is 5.55. The highest BCUT2D eigenvalue weighted by Crippen LogP contribution is 2.25. The maximum atomic E-state index is 5.32. The maximum absolute atomic E-state index is 5.32. The van der Waals surface area contributed by atoms with Gasteiger partial charge in [-0.05, 0) is 38.0 Å². The molecule has 1 unspecified atom stereocenters. The van der Waals surface area contributed by atoms with Crippen molar-refractivity contribution in [3.05, 3.63) is 60.6 Å². The first-order chi connectivity index (χ1) is 17.1. The summed E-state index contributed by atoms with van der Waals surface area (Å²) in [6.45, 7) is 11.6. The van der Waals surface area contributed by atoms with Gasteiger partial charge in [-0.1, -0.05) is 51.1 Å². The number of aromatic nitrogens is 5. The summed E-state index contributed by atoms with van der Waals surface area (Å²) in [4.78, 5) is 18.5. The van der Waals surface area contributed by atoms with Crippen molar-refractivity contribution in [2.75, 3.05) is 24.4 Å². The Labute approximate surface area is 208 Å². The smallest absolute Gasteiger partial charge is 0.227 e. The molecule has 2 N–H and O–H groups in total. The summed E-state index contributed by atoms with van der Waals surface area (Å²) in [6.07, 6.45) is 4.54. The van der Waals surface area contributed by atoms with Crippen LogP contribution in [0, 0.1) is 0 Å². The average Bonchev–Trinajstić information content (AvgIpc) is 3.33. The monoisotopic (exact) mass is 475 g/mol. The molecule has 0 aliphatic heterocycles. The molecule has 0 spiro atoms. The number of methoxy groups -OCH3 is 1. The largest absolute Gasteiger partial charge is 0.383 e. The van der Waals surface area contributed by atoms with Gasteiger partial charge in [0.2, 0.25) is 5.95 Å². The molecule has 186 valence electrons. The summed E-state index contributed by atoms with van der Waals surface area (Å²) in [5.74, 6) is 1.28. The van der Waals surface area contributed by atoms with E-state index in [1.807, 2.05) is 44.6 Å². The number of nitrogens with zero attached hydrogens (tertiary/aromatic N) is 5. The van der Waals surface area contributed by atoms with Gasteiger partial charge in [-0.15, -0.1) is 0 Å². The molecule has 8 heteroatoms. The second kappa shape index (κ2) is 12.8. The van der Waals surface area contributed by atoms with Gasteiger partial charge in [0.1, 0.15) is 0 Å². The van der Waals surface area contributed by atoms with Gasteiger partial charge in [0.25, 0.3) is 0 Å². The fourth-order valence-corrected chi connectivity index (χ4v) is 3.64. The minimum Gasteiger partial charge on any atom is -0.383 e. The lowest BCUT2D eigenvalue weighted by Gasteiger charge is -2.17. The van der Waals surface area contributed by atoms with Crippen molar-refractivity contribution in [2.45, 2.75) is 59.7 Å². The van der Waals surface area contributed by atoms with E-state index >= 15 is 0 Å². The van der Waals surface area contributed by atoms with Gasteiger partial charge >= 0.3 is 0 Å². The number of pyridine rings is 1. The van der Waals surface area contributed by atoms with Crippen LogP contribution >= 0.6 is 0 Å². The van der Waals surface area contributed by atoms with Crippen LogP contribution in [0.1, 0.15) is 52.6 Å². The quantitative estimate of drug-likeness (QED) is 0.293. The molecule has 0 saturated heterocycles. The second-order valence-corrected chi connectivity index (χ2v) is 8.28. The van der Waals surface area contributed by atoms with Crippen molar-refractivity contribution in [1.82, 2.24) is 24.5 Å². The number of hydrogen-bond donors (Lipinski definition) is 2. The van der Waals surface area contributed by atoms with Crippen LogP contribution in [0.5, 0.6) is 0 Å². The van der Waals surface area contributed by atoms with Crippen molar-refractivity contribution in [1.29, 1.82) is 0 Å². The summed E-state index contributed by atoms with van der Waals surface area (Å²) in [7, 11) is 1.70. The zero-order valence-electron chi connectivity index (χ0n) is 21.6. The molecule has 3 heterocycles. The van der Waals surface area contributed by atoms with Gasteiger partial charge in [-0.2, -0.15) is 9.97 Å². The van der Waals surface area contributed by atoms with Crippen molar-refractivity contribution in [3.63, 3.8) is 0 Å². The first-order valence-corrected chi connectivity index (χ1v) is 12.3. The lowest BCUT2D eigenvalue weighted by molar-refractivity contribution is 0.184. The van der Waals surface area contributed by atoms with Crippen LogP contribution in [0.25, 0.3) is 22.4 Å². The van der Waals surface area contributed by atoms with Gasteiger partial charge in [-0.25, -0.2) is 4.98 Å². The third kappa shape index (κ3) is 6.54. The van der Waals surface area contributed by atoms with Gasteiger partial charge in [-0.3, -0.25) is 4.98 Å². The van der Waals surface area contributed by atoms with Crippen LogP contribution in [0.3, 0.4) is 0 Å². The van der Waals surface area contributed by atoms with Crippen molar-refractivity contribution in [3.8, 4) is 11.3 Å². The molecule has 8 nitrogen and oxygen atoms in total. The first kappa shape index (κ1) is 26.1. The summed E-state index contributed by atoms with van der Waals surface area (Å²) in [5, 5.41) is 6.87. The maximum Gasteiger partial charge on any atom is 0.227 e. The van der Waals surface area contributed by atoms with Crippen LogP contribution in [-0.2, 0) is 11.3 Å². The van der Waals surface area contributed by atoms with E-state index in [9.17, 15) is 0 Å². The zero-order valence-corrected chi connectivity index (χ0v) is 21.6. The highest BCUT2D eigenvalue weighted by molar-refractivity contribution is 5.84. The molecule has 0 fully saturated rings. The molecule has 4 aromatic rings. The predicted molar refractivity (Wildman–Crippen MR) is 144 cm³/mol. The Balaban J connectivity index is 0.00000167. The number of benzene rings is 1. The highest BCUT2D eigenvalue weighted by atomic mass is 16.5. The van der Waals surface area contributed by atoms with E-state index in [0.717, 1.165) is 34.4 Å². The Morgan fingerprint density at radius 2 is 1.77 bits per heavy atom. The van der Waals surface area contributed by atoms with Gasteiger partial charge < -0.3 is 19.9 Å². The molecule has 3 aromatic heterocycles. The number of fused-ring (bicyclic) bond motifs is 1. The molecule has 35 heavy (non-hydrogen) atoms. The summed E-state index contributed by atoms with van der Waals surface area (Å²) < 4.78 is 7.38. The van der Waals surface area contributed by atoms with E-state index in [1.165, 1.54) is 0 Å². The molecule has 0 saturated carbocycles. The van der Waals surface area contributed by atoms with E-state index < -0.39 is 0 Å². The topological polar surface area (TPSA) is 89.8 Å². The van der Waals surface area contributed by atoms with Crippen LogP contribution in [0.4, 0.5) is 11.8 Å². The Kier molecular flexibility index (Phi) is 9.55. The second-order valence-electron chi connectivity index (χ2n) is 8.28. The predicted octanol–water partition coefficient (Wildman–Crippen LogP) is 5.94. The number of imidazole rings is 1. The zero-order chi connectivity index (χ0) is 25.2. The van der Waals surface area contributed by atoms with E-state index in [1.54, 1.807) is 7.11 Å². The standard InChI is InChI=1S/C25H31N7O.C2H6/c1-5-20(15-33-4)29-25-30-23(22-24(31-25)32(16-28-22)17(2)3)27-14-18-9-11-19(12-10-18)21-8-6-7-13-26-21;1-2/h6-13,16-17,20H,5,14-15H2,1-4H3,(H2,27,29,30,31);1-2H3. The van der Waals surface area contributed by atoms with Crippen LogP contribution in [-0.4, -0.2) is 44.3 Å². The fourth-order valence-electron chi connectivity index (χ4n) is 3.64. The van der Waals surface area contributed by atoms with Crippen LogP contribution in [0.15, 0.2) is 55.0 Å². The van der Waals surface area contributed by atoms with Gasteiger partial charge in [0, 0.05) is 31.5 Å². The lowest BCUT2D eigenvalue weighted by atomic mass is 10.1. The average molecular weight is 476 g/mol. The molecule has 1 atom stereocenters. The Bertz CT molecular complexity index is 1170. The van der Waals surface area contributed by atoms with Gasteiger partial charge in [0.05, 0.1) is 24.7 Å². The Morgan fingerprint density at radius 3 is 2.40 bits per heavy atom. The number of nitrogens with one attached hydrogen (secondary N) is 2. The molecule has 0 amide bonds. The van der Waals surface area contributed by atoms with E-state index in [0.29, 0.717) is 24.9 Å². The number of ether oxygens (including phenoxy) is 1. The lowest BCUT2D eigenvalue weighted by Crippen LogP contribution is -2.25. The number of hydrogen-bond acceptors (Lipinski definition) is 7. The molecule has 0 radical (unpaired) electrons. The minimum absolute atomic E-state index is 0.134. The normalized spacial score (nSPS) is 11.7. The summed E-state index contributed by atoms with van der Waals surface area (Å²) in [5.41, 5.74) is 4.77. The molecule has 0 aliphatic rings. The van der Waals surface area contributed by atoms with Gasteiger partial charge in [0.15, 0.2) is 17.0 Å². The molecule has 0 aliphatic carbocycles. The van der Waals surface area contributed by atoms with Crippen molar-refractivity contribution < 1.29 is 4.74 Å². The fraction of sp³-hybridized carbons (Fsp3) is 0.407.